The molecule has 0 spiro atoms. The van der Waals surface area contributed by atoms with Gasteiger partial charge >= 0.3 is 0 Å². The topological polar surface area (TPSA) is 86.3 Å². The van der Waals surface area contributed by atoms with E-state index in [2.05, 4.69) is 23.8 Å². The Hall–Kier alpha value is -1.69. The minimum absolute atomic E-state index is 0.0821. The van der Waals surface area contributed by atoms with Crippen LogP contribution in [0.3, 0.4) is 0 Å². The summed E-state index contributed by atoms with van der Waals surface area (Å²) in [6, 6.07) is 0. The quantitative estimate of drug-likeness (QED) is 0.868. The largest absolute Gasteiger partial charge is 0.393 e. The number of aliphatic hydroxyl groups excluding tert-OH is 1. The lowest BCUT2D eigenvalue weighted by Crippen LogP contribution is -2.43. The van der Waals surface area contributed by atoms with Crippen LogP contribution in [0.5, 0.6) is 0 Å². The summed E-state index contributed by atoms with van der Waals surface area (Å²) < 4.78 is 0. The van der Waals surface area contributed by atoms with Gasteiger partial charge in [-0.05, 0) is 31.1 Å². The molecule has 1 saturated heterocycles. The highest BCUT2D eigenvalue weighted by Crippen LogP contribution is 2.24. The summed E-state index contributed by atoms with van der Waals surface area (Å²) in [5, 5.41) is 10.2. The second-order valence-corrected chi connectivity index (χ2v) is 6.12. The van der Waals surface area contributed by atoms with Gasteiger partial charge in [-0.15, -0.1) is 0 Å². The second-order valence-electron chi connectivity index (χ2n) is 6.12. The van der Waals surface area contributed by atoms with Crippen molar-refractivity contribution in [2.75, 3.05) is 13.1 Å². The average molecular weight is 293 g/mol. The van der Waals surface area contributed by atoms with Gasteiger partial charge in [0.05, 0.1) is 12.4 Å². The van der Waals surface area contributed by atoms with E-state index in [0.717, 1.165) is 19.3 Å². The van der Waals surface area contributed by atoms with Crippen LogP contribution >= 0.6 is 0 Å². The Labute approximate surface area is 124 Å². The van der Waals surface area contributed by atoms with Gasteiger partial charge in [-0.25, -0.2) is 4.98 Å². The third kappa shape index (κ3) is 3.91. The Balaban J connectivity index is 1.94. The Morgan fingerprint density at radius 1 is 1.48 bits per heavy atom. The molecule has 116 valence electrons. The van der Waals surface area contributed by atoms with Crippen LogP contribution in [-0.2, 0) is 0 Å². The molecule has 1 atom stereocenters. The highest BCUT2D eigenvalue weighted by atomic mass is 16.3. The fourth-order valence-electron chi connectivity index (χ4n) is 2.83. The van der Waals surface area contributed by atoms with Crippen LogP contribution in [0.4, 0.5) is 0 Å². The molecule has 2 N–H and O–H groups in total. The number of hydrogen-bond donors (Lipinski definition) is 2. The Morgan fingerprint density at radius 2 is 2.14 bits per heavy atom. The molecule has 6 heteroatoms. The Bertz CT molecular complexity index is 533. The minimum atomic E-state index is -0.406. The normalized spacial score (nSPS) is 18.0. The Kier molecular flexibility index (Phi) is 5.12. The van der Waals surface area contributed by atoms with Crippen molar-refractivity contribution < 1.29 is 9.90 Å². The maximum absolute atomic E-state index is 12.3. The number of likely N-dealkylation sites (tertiary alicyclic amines) is 1. The van der Waals surface area contributed by atoms with E-state index in [-0.39, 0.29) is 23.5 Å². The number of aromatic nitrogens is 2. The number of aromatic amines is 1. The number of carbonyl (C=O) groups is 1. The van der Waals surface area contributed by atoms with E-state index in [4.69, 9.17) is 0 Å². The van der Waals surface area contributed by atoms with Crippen LogP contribution in [0.2, 0.25) is 0 Å². The molecule has 1 aliphatic heterocycles. The van der Waals surface area contributed by atoms with Crippen LogP contribution in [0.25, 0.3) is 0 Å². The molecule has 1 aliphatic rings. The van der Waals surface area contributed by atoms with Gasteiger partial charge in [0.1, 0.15) is 5.56 Å². The fraction of sp³-hybridized carbons (Fsp3) is 0.667. The minimum Gasteiger partial charge on any atom is -0.393 e. The lowest BCUT2D eigenvalue weighted by atomic mass is 9.87. The number of H-pyrrole nitrogens is 1. The molecule has 1 aromatic heterocycles. The van der Waals surface area contributed by atoms with Gasteiger partial charge in [-0.2, -0.15) is 0 Å². The van der Waals surface area contributed by atoms with E-state index in [1.165, 1.54) is 12.5 Å². The van der Waals surface area contributed by atoms with Crippen molar-refractivity contribution in [1.29, 1.82) is 0 Å². The zero-order valence-corrected chi connectivity index (χ0v) is 12.6. The van der Waals surface area contributed by atoms with Crippen molar-refractivity contribution in [3.05, 3.63) is 28.4 Å². The Morgan fingerprint density at radius 3 is 2.71 bits per heavy atom. The standard InChI is InChI=1S/C15H23N3O3/c1-10(2)7-13(19)11-3-5-18(6-4-11)15(21)12-8-16-9-17-14(12)20/h8-11,13,19H,3-7H2,1-2H3,(H,16,17,20)/t13-/m0/s1. The predicted octanol–water partition coefficient (Wildman–Crippen LogP) is 1.03. The van der Waals surface area contributed by atoms with Crippen LogP contribution in [0, 0.1) is 11.8 Å². The molecule has 2 rings (SSSR count). The SMILES string of the molecule is CC(C)C[C@H](O)C1CCN(C(=O)c2cnc[nH]c2=O)CC1. The zero-order chi connectivity index (χ0) is 15.4. The van der Waals surface area contributed by atoms with Crippen molar-refractivity contribution in [2.24, 2.45) is 11.8 Å². The summed E-state index contributed by atoms with van der Waals surface area (Å²) in [6.07, 6.45) is 4.62. The summed E-state index contributed by atoms with van der Waals surface area (Å²) in [7, 11) is 0. The summed E-state index contributed by atoms with van der Waals surface area (Å²) in [5.41, 5.74) is -0.323. The molecular weight excluding hydrogens is 270 g/mol. The molecule has 0 saturated carbocycles. The van der Waals surface area contributed by atoms with Gasteiger partial charge in [0.15, 0.2) is 0 Å². The zero-order valence-electron chi connectivity index (χ0n) is 12.6. The van der Waals surface area contributed by atoms with Gasteiger partial charge in [-0.1, -0.05) is 13.8 Å². The number of nitrogens with zero attached hydrogens (tertiary/aromatic N) is 2. The lowest BCUT2D eigenvalue weighted by Gasteiger charge is -2.34. The van der Waals surface area contributed by atoms with Crippen LogP contribution in [0.1, 0.15) is 43.5 Å². The first kappa shape index (κ1) is 15.7. The van der Waals surface area contributed by atoms with Crippen LogP contribution in [0.15, 0.2) is 17.3 Å². The highest BCUT2D eigenvalue weighted by Gasteiger charge is 2.29. The molecule has 0 aliphatic carbocycles. The van der Waals surface area contributed by atoms with Crippen molar-refractivity contribution in [3.63, 3.8) is 0 Å². The molecule has 1 fully saturated rings. The fourth-order valence-corrected chi connectivity index (χ4v) is 2.83. The third-order valence-electron chi connectivity index (χ3n) is 4.03. The molecule has 0 radical (unpaired) electrons. The van der Waals surface area contributed by atoms with E-state index >= 15 is 0 Å². The smallest absolute Gasteiger partial charge is 0.263 e. The molecule has 1 amide bonds. The number of amides is 1. The molecule has 6 nitrogen and oxygen atoms in total. The van der Waals surface area contributed by atoms with Gasteiger partial charge < -0.3 is 15.0 Å². The number of nitrogens with one attached hydrogen (secondary N) is 1. The molecule has 1 aromatic rings. The van der Waals surface area contributed by atoms with Crippen molar-refractivity contribution in [3.8, 4) is 0 Å². The number of piperidine rings is 1. The van der Waals surface area contributed by atoms with Crippen LogP contribution in [-0.4, -0.2) is 45.1 Å². The molecule has 0 bridgehead atoms. The van der Waals surface area contributed by atoms with Crippen molar-refractivity contribution in [2.45, 2.75) is 39.2 Å². The van der Waals surface area contributed by atoms with Gasteiger partial charge in [0.2, 0.25) is 0 Å². The number of aliphatic hydroxyl groups is 1. The molecule has 21 heavy (non-hydrogen) atoms. The van der Waals surface area contributed by atoms with E-state index in [1.807, 2.05) is 0 Å². The summed E-state index contributed by atoms with van der Waals surface area (Å²) in [4.78, 5) is 31.8. The molecule has 2 heterocycles. The predicted molar refractivity (Wildman–Crippen MR) is 78.9 cm³/mol. The monoisotopic (exact) mass is 293 g/mol. The molecular formula is C15H23N3O3. The average Bonchev–Trinajstić information content (AvgIpc) is 2.46. The van der Waals surface area contributed by atoms with E-state index in [0.29, 0.717) is 19.0 Å². The molecule has 0 aromatic carbocycles. The number of hydrogen-bond acceptors (Lipinski definition) is 4. The molecule has 0 unspecified atom stereocenters. The highest BCUT2D eigenvalue weighted by molar-refractivity contribution is 5.93. The van der Waals surface area contributed by atoms with E-state index < -0.39 is 5.56 Å². The summed E-state index contributed by atoms with van der Waals surface area (Å²) in [6.45, 7) is 5.34. The van der Waals surface area contributed by atoms with E-state index in [1.54, 1.807) is 4.90 Å². The maximum atomic E-state index is 12.3. The van der Waals surface area contributed by atoms with Crippen molar-refractivity contribution in [1.82, 2.24) is 14.9 Å². The van der Waals surface area contributed by atoms with Gasteiger partial charge in [-0.3, -0.25) is 9.59 Å². The van der Waals surface area contributed by atoms with Gasteiger partial charge in [0.25, 0.3) is 11.5 Å². The van der Waals surface area contributed by atoms with Crippen molar-refractivity contribution >= 4 is 5.91 Å². The third-order valence-corrected chi connectivity index (χ3v) is 4.03. The number of rotatable bonds is 4. The first-order chi connectivity index (χ1) is 9.99. The summed E-state index contributed by atoms with van der Waals surface area (Å²) in [5.74, 6) is 0.429. The first-order valence-electron chi connectivity index (χ1n) is 7.49. The summed E-state index contributed by atoms with van der Waals surface area (Å²) >= 11 is 0. The first-order valence-corrected chi connectivity index (χ1v) is 7.49. The number of carbonyl (C=O) groups excluding carboxylic acids is 1. The second kappa shape index (κ2) is 6.85. The van der Waals surface area contributed by atoms with Crippen LogP contribution < -0.4 is 5.56 Å². The maximum Gasteiger partial charge on any atom is 0.263 e. The van der Waals surface area contributed by atoms with Gasteiger partial charge in [0, 0.05) is 19.3 Å². The van der Waals surface area contributed by atoms with E-state index in [9.17, 15) is 14.7 Å². The lowest BCUT2D eigenvalue weighted by molar-refractivity contribution is 0.0384.